The summed E-state index contributed by atoms with van der Waals surface area (Å²) >= 11 is 0. The Hall–Kier alpha value is -0.130. The van der Waals surface area contributed by atoms with E-state index in [1.165, 1.54) is 32.1 Å². The third-order valence-corrected chi connectivity index (χ3v) is 6.23. The standard InChI is InChI=1S/C13H24N2O2S/c1-2-3-14-18(16,17)15-13-11-5-9-4-10(7-11)8-12(13)6-9/h9-15H,2-8H2,1H3. The molecule has 0 aromatic carbocycles. The quantitative estimate of drug-likeness (QED) is 0.799. The topological polar surface area (TPSA) is 58.2 Å². The molecule has 104 valence electrons. The second-order valence-corrected chi connectivity index (χ2v) is 8.00. The van der Waals surface area contributed by atoms with Crippen LogP contribution in [0.3, 0.4) is 0 Å². The van der Waals surface area contributed by atoms with Crippen molar-refractivity contribution in [1.29, 1.82) is 0 Å². The van der Waals surface area contributed by atoms with Crippen molar-refractivity contribution in [2.45, 2.75) is 51.5 Å². The molecule has 0 aromatic heterocycles. The van der Waals surface area contributed by atoms with Crippen molar-refractivity contribution in [2.75, 3.05) is 6.54 Å². The van der Waals surface area contributed by atoms with Crippen molar-refractivity contribution in [3.63, 3.8) is 0 Å². The van der Waals surface area contributed by atoms with Gasteiger partial charge in [-0.2, -0.15) is 13.1 Å². The monoisotopic (exact) mass is 272 g/mol. The Morgan fingerprint density at radius 2 is 1.56 bits per heavy atom. The highest BCUT2D eigenvalue weighted by molar-refractivity contribution is 7.87. The van der Waals surface area contributed by atoms with Crippen LogP contribution >= 0.6 is 0 Å². The van der Waals surface area contributed by atoms with Crippen molar-refractivity contribution >= 4 is 10.2 Å². The molecular formula is C13H24N2O2S. The Labute approximate surface area is 110 Å². The van der Waals surface area contributed by atoms with Gasteiger partial charge in [-0.05, 0) is 62.2 Å². The van der Waals surface area contributed by atoms with Crippen LogP contribution in [0.5, 0.6) is 0 Å². The maximum absolute atomic E-state index is 12.0. The van der Waals surface area contributed by atoms with E-state index >= 15 is 0 Å². The molecular weight excluding hydrogens is 248 g/mol. The van der Waals surface area contributed by atoms with E-state index in [0.717, 1.165) is 18.3 Å². The highest BCUT2D eigenvalue weighted by atomic mass is 32.2. The van der Waals surface area contributed by atoms with Gasteiger partial charge in [-0.15, -0.1) is 0 Å². The van der Waals surface area contributed by atoms with Crippen molar-refractivity contribution in [3.8, 4) is 0 Å². The first-order chi connectivity index (χ1) is 8.57. The summed E-state index contributed by atoms with van der Waals surface area (Å²) in [5.74, 6) is 2.97. The molecule has 4 aliphatic rings. The molecule has 4 bridgehead atoms. The minimum atomic E-state index is -3.29. The van der Waals surface area contributed by atoms with E-state index in [9.17, 15) is 8.42 Å². The molecule has 4 rings (SSSR count). The van der Waals surface area contributed by atoms with Crippen LogP contribution < -0.4 is 9.44 Å². The number of hydrogen-bond donors (Lipinski definition) is 2. The minimum absolute atomic E-state index is 0.201. The summed E-state index contributed by atoms with van der Waals surface area (Å²) in [5.41, 5.74) is 0. The molecule has 4 saturated carbocycles. The Bertz CT molecular complexity index is 379. The van der Waals surface area contributed by atoms with Gasteiger partial charge in [0.15, 0.2) is 0 Å². The van der Waals surface area contributed by atoms with Gasteiger partial charge in [0.25, 0.3) is 10.2 Å². The van der Waals surface area contributed by atoms with E-state index in [2.05, 4.69) is 9.44 Å². The number of hydrogen-bond acceptors (Lipinski definition) is 2. The Kier molecular flexibility index (Phi) is 3.41. The van der Waals surface area contributed by atoms with E-state index in [1.807, 2.05) is 6.92 Å². The molecule has 0 heterocycles. The van der Waals surface area contributed by atoms with Crippen LogP contribution in [0.1, 0.15) is 45.4 Å². The molecule has 0 unspecified atom stereocenters. The van der Waals surface area contributed by atoms with Gasteiger partial charge in [-0.1, -0.05) is 6.92 Å². The van der Waals surface area contributed by atoms with Crippen LogP contribution in [-0.4, -0.2) is 21.0 Å². The zero-order chi connectivity index (χ0) is 12.8. The van der Waals surface area contributed by atoms with E-state index in [1.54, 1.807) is 0 Å². The highest BCUT2D eigenvalue weighted by Gasteiger charge is 2.49. The minimum Gasteiger partial charge on any atom is -0.202 e. The molecule has 4 nitrogen and oxygen atoms in total. The molecule has 0 saturated heterocycles. The predicted molar refractivity (Wildman–Crippen MR) is 71.2 cm³/mol. The maximum atomic E-state index is 12.0. The first-order valence-electron chi connectivity index (χ1n) is 7.34. The van der Waals surface area contributed by atoms with E-state index < -0.39 is 10.2 Å². The van der Waals surface area contributed by atoms with Crippen LogP contribution in [0.4, 0.5) is 0 Å². The first-order valence-corrected chi connectivity index (χ1v) is 8.82. The molecule has 0 atom stereocenters. The first kappa shape index (κ1) is 12.9. The lowest BCUT2D eigenvalue weighted by atomic mass is 9.54. The van der Waals surface area contributed by atoms with Crippen molar-refractivity contribution in [1.82, 2.24) is 9.44 Å². The van der Waals surface area contributed by atoms with Crippen LogP contribution in [0, 0.1) is 23.7 Å². The summed E-state index contributed by atoms with van der Waals surface area (Å²) in [6.07, 6.45) is 7.22. The molecule has 4 fully saturated rings. The fourth-order valence-corrected chi connectivity index (χ4v) is 5.87. The summed E-state index contributed by atoms with van der Waals surface area (Å²) in [4.78, 5) is 0. The van der Waals surface area contributed by atoms with Crippen LogP contribution in [0.15, 0.2) is 0 Å². The van der Waals surface area contributed by atoms with Gasteiger partial charge < -0.3 is 0 Å². The van der Waals surface area contributed by atoms with Gasteiger partial charge in [0.1, 0.15) is 0 Å². The molecule has 2 N–H and O–H groups in total. The lowest BCUT2D eigenvalue weighted by molar-refractivity contribution is -0.00568. The van der Waals surface area contributed by atoms with E-state index in [-0.39, 0.29) is 6.04 Å². The SMILES string of the molecule is CCCNS(=O)(=O)NC1C2CC3CC(C2)CC1C3. The molecule has 18 heavy (non-hydrogen) atoms. The fourth-order valence-electron chi connectivity index (χ4n) is 4.57. The average Bonchev–Trinajstić information content (AvgIpc) is 2.30. The lowest BCUT2D eigenvalue weighted by Gasteiger charge is -2.54. The van der Waals surface area contributed by atoms with Gasteiger partial charge in [0.2, 0.25) is 0 Å². The fraction of sp³-hybridized carbons (Fsp3) is 1.00. The molecule has 5 heteroatoms. The zero-order valence-electron chi connectivity index (χ0n) is 11.1. The Balaban J connectivity index is 1.66. The van der Waals surface area contributed by atoms with Gasteiger partial charge in [-0.3, -0.25) is 0 Å². The van der Waals surface area contributed by atoms with Crippen molar-refractivity contribution in [3.05, 3.63) is 0 Å². The molecule has 0 spiro atoms. The van der Waals surface area contributed by atoms with Gasteiger partial charge in [0.05, 0.1) is 0 Å². The highest BCUT2D eigenvalue weighted by Crippen LogP contribution is 2.53. The van der Waals surface area contributed by atoms with E-state index in [4.69, 9.17) is 0 Å². The summed E-state index contributed by atoms with van der Waals surface area (Å²) in [6.45, 7) is 2.51. The predicted octanol–water partition coefficient (Wildman–Crippen LogP) is 1.65. The van der Waals surface area contributed by atoms with Crippen LogP contribution in [0.2, 0.25) is 0 Å². The van der Waals surface area contributed by atoms with Crippen LogP contribution in [0.25, 0.3) is 0 Å². The Morgan fingerprint density at radius 1 is 1.00 bits per heavy atom. The van der Waals surface area contributed by atoms with Gasteiger partial charge in [-0.25, -0.2) is 4.72 Å². The average molecular weight is 272 g/mol. The zero-order valence-corrected chi connectivity index (χ0v) is 11.9. The largest absolute Gasteiger partial charge is 0.277 e. The smallest absolute Gasteiger partial charge is 0.202 e. The molecule has 0 aromatic rings. The summed E-state index contributed by atoms with van der Waals surface area (Å²) in [5, 5.41) is 0. The van der Waals surface area contributed by atoms with Crippen LogP contribution in [-0.2, 0) is 10.2 Å². The third kappa shape index (κ3) is 2.45. The second-order valence-electron chi connectivity index (χ2n) is 6.47. The summed E-state index contributed by atoms with van der Waals surface area (Å²) in [7, 11) is -3.29. The second kappa shape index (κ2) is 4.76. The summed E-state index contributed by atoms with van der Waals surface area (Å²) < 4.78 is 29.5. The van der Waals surface area contributed by atoms with Gasteiger partial charge in [0, 0.05) is 12.6 Å². The molecule has 0 radical (unpaired) electrons. The van der Waals surface area contributed by atoms with Crippen molar-refractivity contribution in [2.24, 2.45) is 23.7 Å². The molecule has 0 aliphatic heterocycles. The number of rotatable bonds is 5. The van der Waals surface area contributed by atoms with E-state index in [0.29, 0.717) is 18.4 Å². The molecule has 4 aliphatic carbocycles. The molecule has 0 amide bonds. The van der Waals surface area contributed by atoms with Gasteiger partial charge >= 0.3 is 0 Å². The summed E-state index contributed by atoms with van der Waals surface area (Å²) in [6, 6.07) is 0.201. The third-order valence-electron chi connectivity index (χ3n) is 5.06. The van der Waals surface area contributed by atoms with Crippen molar-refractivity contribution < 1.29 is 8.42 Å². The normalized spacial score (nSPS) is 42.4. The Morgan fingerprint density at radius 3 is 2.06 bits per heavy atom. The maximum Gasteiger partial charge on any atom is 0.277 e. The lowest BCUT2D eigenvalue weighted by Crippen LogP contribution is -2.57. The number of nitrogens with one attached hydrogen (secondary N) is 2.